The number of methoxy groups -OCH3 is 1. The molecule has 0 radical (unpaired) electrons. The molecule has 2 aliphatic rings. The van der Waals surface area contributed by atoms with Crippen molar-refractivity contribution in [3.8, 4) is 22.9 Å². The van der Waals surface area contributed by atoms with Gasteiger partial charge in [0.15, 0.2) is 5.84 Å². The zero-order chi connectivity index (χ0) is 24.4. The summed E-state index contributed by atoms with van der Waals surface area (Å²) in [6.45, 7) is 0.331. The second-order valence-electron chi connectivity index (χ2n) is 8.38. The molecule has 3 aromatic rings. The van der Waals surface area contributed by atoms with E-state index in [0.717, 1.165) is 35.1 Å². The Morgan fingerprint density at radius 2 is 2.06 bits per heavy atom. The number of aliphatic hydroxyl groups excluding tert-OH is 1. The molecule has 0 spiro atoms. The number of aromatic nitrogens is 1. The van der Waals surface area contributed by atoms with Crippen molar-refractivity contribution in [1.82, 2.24) is 9.88 Å². The molecule has 7 nitrogen and oxygen atoms in total. The van der Waals surface area contributed by atoms with Crippen LogP contribution < -0.4 is 4.74 Å². The SMILES string of the molecule is COc1cc(C=C2CCCN3C2=NOC3(CO)c2ccc(F)cc2)ccc1-c1ccnc(C#N)c1. The molecular weight excluding hydrogens is 447 g/mol. The maximum Gasteiger partial charge on any atom is 0.260 e. The molecule has 0 aliphatic carbocycles. The van der Waals surface area contributed by atoms with Crippen molar-refractivity contribution in [1.29, 1.82) is 5.26 Å². The van der Waals surface area contributed by atoms with Crippen LogP contribution >= 0.6 is 0 Å². The van der Waals surface area contributed by atoms with Gasteiger partial charge in [-0.3, -0.25) is 0 Å². The first-order valence-electron chi connectivity index (χ1n) is 11.2. The first kappa shape index (κ1) is 22.6. The van der Waals surface area contributed by atoms with Crippen molar-refractivity contribution in [3.63, 3.8) is 0 Å². The fraction of sp³-hybridized carbons (Fsp3) is 0.222. The highest BCUT2D eigenvalue weighted by Gasteiger charge is 2.49. The van der Waals surface area contributed by atoms with Crippen LogP contribution in [0.3, 0.4) is 0 Å². The van der Waals surface area contributed by atoms with Crippen molar-refractivity contribution in [3.05, 3.63) is 89.0 Å². The summed E-state index contributed by atoms with van der Waals surface area (Å²) >= 11 is 0. The summed E-state index contributed by atoms with van der Waals surface area (Å²) < 4.78 is 19.1. The molecule has 1 unspecified atom stereocenters. The van der Waals surface area contributed by atoms with E-state index < -0.39 is 5.72 Å². The number of hydrogen-bond acceptors (Lipinski definition) is 7. The monoisotopic (exact) mass is 470 g/mol. The number of pyridine rings is 1. The highest BCUT2D eigenvalue weighted by atomic mass is 19.1. The predicted molar refractivity (Wildman–Crippen MR) is 129 cm³/mol. The van der Waals surface area contributed by atoms with Gasteiger partial charge in [0, 0.05) is 23.9 Å². The summed E-state index contributed by atoms with van der Waals surface area (Å²) in [6, 6.07) is 17.4. The summed E-state index contributed by atoms with van der Waals surface area (Å²) in [5, 5.41) is 23.8. The molecule has 1 fully saturated rings. The lowest BCUT2D eigenvalue weighted by Gasteiger charge is -2.38. The van der Waals surface area contributed by atoms with E-state index in [4.69, 9.17) is 14.8 Å². The van der Waals surface area contributed by atoms with Crippen molar-refractivity contribution in [2.75, 3.05) is 20.3 Å². The van der Waals surface area contributed by atoms with Crippen LogP contribution in [0, 0.1) is 17.1 Å². The Morgan fingerprint density at radius 3 is 2.80 bits per heavy atom. The lowest BCUT2D eigenvalue weighted by atomic mass is 9.94. The maximum atomic E-state index is 13.5. The minimum atomic E-state index is -1.18. The van der Waals surface area contributed by atoms with E-state index in [-0.39, 0.29) is 12.4 Å². The van der Waals surface area contributed by atoms with E-state index in [1.807, 2.05) is 35.2 Å². The first-order valence-corrected chi connectivity index (χ1v) is 11.2. The quantitative estimate of drug-likeness (QED) is 0.593. The molecular formula is C27H23FN4O3. The number of nitrogens with zero attached hydrogens (tertiary/aromatic N) is 4. The standard InChI is InChI=1S/C27H23FN4O3/c1-34-25-14-18(4-9-24(25)19-10-11-30-23(15-19)16-29)13-20-3-2-12-32-26(20)31-35-27(32,17-33)21-5-7-22(28)8-6-21/h4-11,13-15,33H,2-3,12,17H2,1H3. The number of halogens is 1. The molecule has 1 atom stereocenters. The van der Waals surface area contributed by atoms with E-state index in [2.05, 4.69) is 16.2 Å². The Kier molecular flexibility index (Phi) is 5.93. The van der Waals surface area contributed by atoms with E-state index in [0.29, 0.717) is 29.4 Å². The highest BCUT2D eigenvalue weighted by molar-refractivity contribution is 6.03. The number of fused-ring (bicyclic) bond motifs is 1. The van der Waals surface area contributed by atoms with Crippen molar-refractivity contribution in [2.45, 2.75) is 18.6 Å². The van der Waals surface area contributed by atoms with Crippen LogP contribution in [-0.4, -0.2) is 41.1 Å². The zero-order valence-electron chi connectivity index (χ0n) is 19.1. The Bertz CT molecular complexity index is 1360. The van der Waals surface area contributed by atoms with Crippen molar-refractivity contribution >= 4 is 11.9 Å². The molecule has 1 aromatic heterocycles. The number of ether oxygens (including phenoxy) is 1. The van der Waals surface area contributed by atoms with Gasteiger partial charge in [0.05, 0.1) is 7.11 Å². The van der Waals surface area contributed by atoms with Gasteiger partial charge in [0.2, 0.25) is 0 Å². The van der Waals surface area contributed by atoms with Crippen LogP contribution in [0.25, 0.3) is 17.2 Å². The summed E-state index contributed by atoms with van der Waals surface area (Å²) in [4.78, 5) is 11.8. The van der Waals surface area contributed by atoms with Crippen LogP contribution in [0.5, 0.6) is 5.75 Å². The van der Waals surface area contributed by atoms with Gasteiger partial charge in [-0.15, -0.1) is 0 Å². The van der Waals surface area contributed by atoms with Crippen molar-refractivity contribution < 1.29 is 19.1 Å². The van der Waals surface area contributed by atoms with E-state index in [1.165, 1.54) is 12.1 Å². The lowest BCUT2D eigenvalue weighted by Crippen LogP contribution is -2.51. The van der Waals surface area contributed by atoms with Gasteiger partial charge in [-0.1, -0.05) is 17.3 Å². The van der Waals surface area contributed by atoms with Crippen LogP contribution in [0.15, 0.2) is 71.5 Å². The van der Waals surface area contributed by atoms with Crippen LogP contribution in [0.2, 0.25) is 0 Å². The van der Waals surface area contributed by atoms with Crippen LogP contribution in [-0.2, 0) is 10.6 Å². The smallest absolute Gasteiger partial charge is 0.260 e. The molecule has 2 aliphatic heterocycles. The van der Waals surface area contributed by atoms with E-state index in [9.17, 15) is 9.50 Å². The van der Waals surface area contributed by atoms with Gasteiger partial charge < -0.3 is 19.6 Å². The number of piperidine rings is 1. The van der Waals surface area contributed by atoms with E-state index in [1.54, 1.807) is 31.5 Å². The van der Waals surface area contributed by atoms with Gasteiger partial charge in [0.25, 0.3) is 5.72 Å². The average Bonchev–Trinajstić information content (AvgIpc) is 3.30. The Balaban J connectivity index is 1.47. The summed E-state index contributed by atoms with van der Waals surface area (Å²) in [7, 11) is 1.61. The van der Waals surface area contributed by atoms with Gasteiger partial charge in [-0.2, -0.15) is 5.26 Å². The van der Waals surface area contributed by atoms with Crippen LogP contribution in [0.4, 0.5) is 4.39 Å². The fourth-order valence-corrected chi connectivity index (χ4v) is 4.60. The topological polar surface area (TPSA) is 91.0 Å². The van der Waals surface area contributed by atoms with Gasteiger partial charge in [0.1, 0.15) is 29.9 Å². The number of nitriles is 1. The number of rotatable bonds is 5. The first-order chi connectivity index (χ1) is 17.1. The van der Waals surface area contributed by atoms with Crippen molar-refractivity contribution in [2.24, 2.45) is 5.16 Å². The zero-order valence-corrected chi connectivity index (χ0v) is 19.1. The number of aliphatic hydroxyl groups is 1. The second kappa shape index (κ2) is 9.20. The van der Waals surface area contributed by atoms with Crippen LogP contribution in [0.1, 0.15) is 29.7 Å². The summed E-state index contributed by atoms with van der Waals surface area (Å²) in [5.74, 6) is 0.974. The minimum absolute atomic E-state index is 0.321. The number of amidine groups is 1. The lowest BCUT2D eigenvalue weighted by molar-refractivity contribution is -0.137. The molecule has 0 amide bonds. The largest absolute Gasteiger partial charge is 0.496 e. The predicted octanol–water partition coefficient (Wildman–Crippen LogP) is 4.44. The van der Waals surface area contributed by atoms with Gasteiger partial charge in [-0.25, -0.2) is 9.37 Å². The Hall–Kier alpha value is -4.22. The van der Waals surface area contributed by atoms with Gasteiger partial charge >= 0.3 is 0 Å². The third-order valence-corrected chi connectivity index (χ3v) is 6.35. The second-order valence-corrected chi connectivity index (χ2v) is 8.38. The molecule has 1 N–H and O–H groups in total. The maximum absolute atomic E-state index is 13.5. The number of hydrogen-bond donors (Lipinski definition) is 1. The third-order valence-electron chi connectivity index (χ3n) is 6.35. The number of benzene rings is 2. The molecule has 5 rings (SSSR count). The molecule has 0 bridgehead atoms. The highest BCUT2D eigenvalue weighted by Crippen LogP contribution is 2.40. The van der Waals surface area contributed by atoms with Gasteiger partial charge in [-0.05, 0) is 78.1 Å². The molecule has 8 heteroatoms. The third kappa shape index (κ3) is 4.00. The average molecular weight is 471 g/mol. The van der Waals surface area contributed by atoms with E-state index >= 15 is 0 Å². The Labute approximate surface area is 202 Å². The fourth-order valence-electron chi connectivity index (χ4n) is 4.60. The molecule has 2 aromatic carbocycles. The normalized spacial score (nSPS) is 20.1. The summed E-state index contributed by atoms with van der Waals surface area (Å²) in [5.41, 5.74) is 3.40. The molecule has 1 saturated heterocycles. The summed E-state index contributed by atoms with van der Waals surface area (Å²) in [6.07, 6.45) is 5.28. The Morgan fingerprint density at radius 1 is 1.23 bits per heavy atom. The minimum Gasteiger partial charge on any atom is -0.496 e. The molecule has 0 saturated carbocycles. The number of oxime groups is 1. The molecule has 176 valence electrons. The molecule has 3 heterocycles. The molecule has 35 heavy (non-hydrogen) atoms.